The number of Topliss-reactive ketones (excluding diaryl/α,β-unsaturated/α-hetero) is 1. The van der Waals surface area contributed by atoms with Crippen molar-refractivity contribution in [1.82, 2.24) is 9.55 Å². The standard InChI is InChI=1S/C16H17ClN2O2/c1-10(20)13-14(17)15(11-5-3-7-18-9-11)19-8-4-6-12(21-2)16(13)19/h3,5,7,9,12H,4,6,8H2,1-2H3. The van der Waals surface area contributed by atoms with Crippen molar-refractivity contribution in [2.75, 3.05) is 7.11 Å². The van der Waals surface area contributed by atoms with E-state index < -0.39 is 0 Å². The molecule has 4 nitrogen and oxygen atoms in total. The Morgan fingerprint density at radius 3 is 2.95 bits per heavy atom. The number of nitrogens with zero attached hydrogens (tertiary/aromatic N) is 2. The molecule has 2 aromatic rings. The van der Waals surface area contributed by atoms with Crippen LogP contribution in [0.25, 0.3) is 11.3 Å². The Hall–Kier alpha value is -1.65. The van der Waals surface area contributed by atoms with E-state index in [1.165, 1.54) is 0 Å². The highest BCUT2D eigenvalue weighted by molar-refractivity contribution is 6.36. The van der Waals surface area contributed by atoms with Crippen LogP contribution in [0.4, 0.5) is 0 Å². The summed E-state index contributed by atoms with van der Waals surface area (Å²) < 4.78 is 7.68. The van der Waals surface area contributed by atoms with Gasteiger partial charge >= 0.3 is 0 Å². The molecule has 1 atom stereocenters. The fourth-order valence-corrected chi connectivity index (χ4v) is 3.53. The Balaban J connectivity index is 2.29. The molecule has 0 spiro atoms. The number of carbonyl (C=O) groups is 1. The summed E-state index contributed by atoms with van der Waals surface area (Å²) in [5.41, 5.74) is 3.28. The summed E-state index contributed by atoms with van der Waals surface area (Å²) in [4.78, 5) is 16.2. The summed E-state index contributed by atoms with van der Waals surface area (Å²) >= 11 is 6.55. The lowest BCUT2D eigenvalue weighted by atomic mass is 10.0. The lowest BCUT2D eigenvalue weighted by molar-refractivity contribution is 0.0741. The number of rotatable bonds is 3. The van der Waals surface area contributed by atoms with Crippen LogP contribution in [0.2, 0.25) is 5.02 Å². The molecule has 0 aromatic carbocycles. The Kier molecular flexibility index (Phi) is 3.83. The third kappa shape index (κ3) is 2.28. The van der Waals surface area contributed by atoms with Gasteiger partial charge in [-0.3, -0.25) is 9.78 Å². The van der Waals surface area contributed by atoms with Gasteiger partial charge in [0.05, 0.1) is 28.1 Å². The number of hydrogen-bond acceptors (Lipinski definition) is 3. The van der Waals surface area contributed by atoms with E-state index in [9.17, 15) is 4.79 Å². The fourth-order valence-electron chi connectivity index (χ4n) is 3.09. The minimum atomic E-state index is -0.0828. The van der Waals surface area contributed by atoms with Crippen molar-refractivity contribution in [3.63, 3.8) is 0 Å². The molecule has 110 valence electrons. The molecular formula is C16H17ClN2O2. The molecule has 0 amide bonds. The van der Waals surface area contributed by atoms with Gasteiger partial charge in [0, 0.05) is 31.6 Å². The largest absolute Gasteiger partial charge is 0.375 e. The molecule has 0 aliphatic carbocycles. The fraction of sp³-hybridized carbons (Fsp3) is 0.375. The van der Waals surface area contributed by atoms with Gasteiger partial charge in [0.1, 0.15) is 0 Å². The molecule has 0 N–H and O–H groups in total. The van der Waals surface area contributed by atoms with Crippen LogP contribution in [0.15, 0.2) is 24.5 Å². The highest BCUT2D eigenvalue weighted by Crippen LogP contribution is 2.42. The predicted octanol–water partition coefficient (Wildman–Crippen LogP) is 3.89. The van der Waals surface area contributed by atoms with Crippen molar-refractivity contribution >= 4 is 17.4 Å². The van der Waals surface area contributed by atoms with Gasteiger partial charge in [0.25, 0.3) is 0 Å². The average Bonchev–Trinajstić information content (AvgIpc) is 2.80. The summed E-state index contributed by atoms with van der Waals surface area (Å²) in [6.45, 7) is 2.39. The van der Waals surface area contributed by atoms with E-state index >= 15 is 0 Å². The Morgan fingerprint density at radius 1 is 1.52 bits per heavy atom. The Morgan fingerprint density at radius 2 is 2.33 bits per heavy atom. The highest BCUT2D eigenvalue weighted by atomic mass is 35.5. The Bertz CT molecular complexity index is 679. The molecular weight excluding hydrogens is 288 g/mol. The van der Waals surface area contributed by atoms with Crippen LogP contribution < -0.4 is 0 Å². The SMILES string of the molecule is COC1CCCn2c(-c3cccnc3)c(Cl)c(C(C)=O)c21. The molecule has 0 fully saturated rings. The summed E-state index contributed by atoms with van der Waals surface area (Å²) in [7, 11) is 1.68. The minimum Gasteiger partial charge on any atom is -0.375 e. The smallest absolute Gasteiger partial charge is 0.163 e. The second kappa shape index (κ2) is 5.62. The van der Waals surface area contributed by atoms with Gasteiger partial charge in [-0.15, -0.1) is 0 Å². The number of carbonyl (C=O) groups excluding carboxylic acids is 1. The second-order valence-corrected chi connectivity index (χ2v) is 5.62. The maximum atomic E-state index is 12.1. The number of aromatic nitrogens is 2. The van der Waals surface area contributed by atoms with Gasteiger partial charge in [-0.25, -0.2) is 0 Å². The lowest BCUT2D eigenvalue weighted by Gasteiger charge is -2.26. The van der Waals surface area contributed by atoms with E-state index in [1.807, 2.05) is 12.1 Å². The molecule has 21 heavy (non-hydrogen) atoms. The number of halogens is 1. The van der Waals surface area contributed by atoms with Crippen molar-refractivity contribution in [2.24, 2.45) is 0 Å². The number of methoxy groups -OCH3 is 1. The van der Waals surface area contributed by atoms with Gasteiger partial charge < -0.3 is 9.30 Å². The number of hydrogen-bond donors (Lipinski definition) is 0. The van der Waals surface area contributed by atoms with Gasteiger partial charge in [-0.2, -0.15) is 0 Å². The normalized spacial score (nSPS) is 17.6. The monoisotopic (exact) mass is 304 g/mol. The number of fused-ring (bicyclic) bond motifs is 1. The average molecular weight is 305 g/mol. The molecule has 0 bridgehead atoms. The number of pyridine rings is 1. The molecule has 0 saturated heterocycles. The quantitative estimate of drug-likeness (QED) is 0.808. The van der Waals surface area contributed by atoms with Crippen LogP contribution in [-0.2, 0) is 11.3 Å². The summed E-state index contributed by atoms with van der Waals surface area (Å²) in [6, 6.07) is 3.83. The predicted molar refractivity (Wildman–Crippen MR) is 81.7 cm³/mol. The molecule has 2 aromatic heterocycles. The molecule has 0 radical (unpaired) electrons. The maximum absolute atomic E-state index is 12.1. The van der Waals surface area contributed by atoms with Crippen LogP contribution in [-0.4, -0.2) is 22.4 Å². The van der Waals surface area contributed by atoms with Crippen LogP contribution in [0.3, 0.4) is 0 Å². The van der Waals surface area contributed by atoms with Crippen molar-refractivity contribution < 1.29 is 9.53 Å². The van der Waals surface area contributed by atoms with Crippen LogP contribution in [0.5, 0.6) is 0 Å². The third-order valence-corrected chi connectivity index (χ3v) is 4.34. The van der Waals surface area contributed by atoms with E-state index in [0.29, 0.717) is 10.6 Å². The lowest BCUT2D eigenvalue weighted by Crippen LogP contribution is -2.19. The van der Waals surface area contributed by atoms with Crippen molar-refractivity contribution in [3.05, 3.63) is 40.8 Å². The first kappa shape index (κ1) is 14.3. The molecule has 3 rings (SSSR count). The third-order valence-electron chi connectivity index (χ3n) is 3.97. The van der Waals surface area contributed by atoms with E-state index in [0.717, 1.165) is 36.3 Å². The zero-order valence-electron chi connectivity index (χ0n) is 12.1. The topological polar surface area (TPSA) is 44.1 Å². The van der Waals surface area contributed by atoms with E-state index in [2.05, 4.69) is 9.55 Å². The molecule has 3 heterocycles. The van der Waals surface area contributed by atoms with Crippen LogP contribution in [0, 0.1) is 0 Å². The molecule has 0 saturated carbocycles. The Labute approximate surface area is 128 Å². The minimum absolute atomic E-state index is 0.0251. The van der Waals surface area contributed by atoms with E-state index in [4.69, 9.17) is 16.3 Å². The zero-order valence-corrected chi connectivity index (χ0v) is 12.9. The van der Waals surface area contributed by atoms with Gasteiger partial charge in [-0.1, -0.05) is 11.6 Å². The van der Waals surface area contributed by atoms with E-state index in [1.54, 1.807) is 26.4 Å². The number of ether oxygens (including phenoxy) is 1. The zero-order chi connectivity index (χ0) is 15.0. The van der Waals surface area contributed by atoms with Crippen LogP contribution >= 0.6 is 11.6 Å². The maximum Gasteiger partial charge on any atom is 0.163 e. The van der Waals surface area contributed by atoms with Crippen molar-refractivity contribution in [2.45, 2.75) is 32.4 Å². The van der Waals surface area contributed by atoms with Crippen LogP contribution in [0.1, 0.15) is 41.9 Å². The van der Waals surface area contributed by atoms with Gasteiger partial charge in [0.2, 0.25) is 0 Å². The highest BCUT2D eigenvalue weighted by Gasteiger charge is 2.32. The molecule has 1 aliphatic heterocycles. The summed E-state index contributed by atoms with van der Waals surface area (Å²) in [5, 5.41) is 0.509. The first-order valence-electron chi connectivity index (χ1n) is 7.01. The first-order chi connectivity index (χ1) is 10.1. The second-order valence-electron chi connectivity index (χ2n) is 5.24. The number of ketones is 1. The first-order valence-corrected chi connectivity index (χ1v) is 7.39. The van der Waals surface area contributed by atoms with Gasteiger partial charge in [-0.05, 0) is 31.9 Å². The van der Waals surface area contributed by atoms with Crippen molar-refractivity contribution in [1.29, 1.82) is 0 Å². The van der Waals surface area contributed by atoms with E-state index in [-0.39, 0.29) is 11.9 Å². The molecule has 1 unspecified atom stereocenters. The van der Waals surface area contributed by atoms with Gasteiger partial charge in [0.15, 0.2) is 5.78 Å². The molecule has 1 aliphatic rings. The van der Waals surface area contributed by atoms with Crippen molar-refractivity contribution in [3.8, 4) is 11.3 Å². The summed E-state index contributed by atoms with van der Waals surface area (Å²) in [5.74, 6) is -0.0251. The molecule has 5 heteroatoms. The summed E-state index contributed by atoms with van der Waals surface area (Å²) in [6.07, 6.45) is 5.32.